The lowest BCUT2D eigenvalue weighted by Crippen LogP contribution is -2.49. The van der Waals surface area contributed by atoms with Crippen LogP contribution in [0.1, 0.15) is 27.6 Å². The van der Waals surface area contributed by atoms with Crippen molar-refractivity contribution in [2.45, 2.75) is 6.10 Å². The first-order valence-corrected chi connectivity index (χ1v) is 9.79. The minimum Gasteiger partial charge on any atom is -0.387 e. The van der Waals surface area contributed by atoms with Gasteiger partial charge in [-0.2, -0.15) is 0 Å². The maximum Gasteiger partial charge on any atom is 0.257 e. The Morgan fingerprint density at radius 3 is 2.66 bits per heavy atom. The number of carbonyl (C=O) groups is 1. The molecule has 1 atom stereocenters. The Morgan fingerprint density at radius 1 is 1.17 bits per heavy atom. The summed E-state index contributed by atoms with van der Waals surface area (Å²) in [6.07, 6.45) is 6.67. The van der Waals surface area contributed by atoms with Crippen LogP contribution in [0.15, 0.2) is 60.0 Å². The van der Waals surface area contributed by atoms with Crippen LogP contribution in [0.3, 0.4) is 0 Å². The Balaban J connectivity index is 1.34. The monoisotopic (exact) mass is 391 g/mol. The maximum absolute atomic E-state index is 12.9. The SMILES string of the molecule is CN=Cc1ccc(C(O)CN2CCN(C(=O)c3cccn4ccnc34)CC2)cc1. The van der Waals surface area contributed by atoms with Crippen molar-refractivity contribution in [2.75, 3.05) is 39.8 Å². The molecule has 3 heterocycles. The zero-order chi connectivity index (χ0) is 20.2. The number of rotatable bonds is 5. The number of carbonyl (C=O) groups excluding carboxylic acids is 1. The summed E-state index contributed by atoms with van der Waals surface area (Å²) >= 11 is 0. The number of aliphatic imine (C=N–C) groups is 1. The number of β-amino-alcohol motifs (C(OH)–C–C–N with tert-alkyl or cyclic N) is 1. The molecular weight excluding hydrogens is 366 g/mol. The number of hydrogen-bond donors (Lipinski definition) is 1. The number of hydrogen-bond acceptors (Lipinski definition) is 5. The average Bonchev–Trinajstić information content (AvgIpc) is 3.23. The highest BCUT2D eigenvalue weighted by Gasteiger charge is 2.25. The van der Waals surface area contributed by atoms with E-state index in [0.717, 1.165) is 24.2 Å². The minimum atomic E-state index is -0.552. The number of aliphatic hydroxyl groups excluding tert-OH is 1. The highest BCUT2D eigenvalue weighted by molar-refractivity contribution is 5.99. The van der Waals surface area contributed by atoms with Gasteiger partial charge in [-0.3, -0.25) is 14.7 Å². The van der Waals surface area contributed by atoms with Crippen LogP contribution in [0.2, 0.25) is 0 Å². The summed E-state index contributed by atoms with van der Waals surface area (Å²) in [6, 6.07) is 11.5. The van der Waals surface area contributed by atoms with Crippen LogP contribution in [0.4, 0.5) is 0 Å². The number of aromatic nitrogens is 2. The van der Waals surface area contributed by atoms with E-state index in [2.05, 4.69) is 14.9 Å². The summed E-state index contributed by atoms with van der Waals surface area (Å²) in [5, 5.41) is 10.6. The Kier molecular flexibility index (Phi) is 5.69. The highest BCUT2D eigenvalue weighted by atomic mass is 16.3. The van der Waals surface area contributed by atoms with Crippen molar-refractivity contribution < 1.29 is 9.90 Å². The fourth-order valence-corrected chi connectivity index (χ4v) is 3.72. The summed E-state index contributed by atoms with van der Waals surface area (Å²) in [6.45, 7) is 3.30. The zero-order valence-corrected chi connectivity index (χ0v) is 16.5. The van der Waals surface area contributed by atoms with Crippen LogP contribution in [0.5, 0.6) is 0 Å². The summed E-state index contributed by atoms with van der Waals surface area (Å²) < 4.78 is 1.86. The number of pyridine rings is 1. The molecule has 2 aromatic heterocycles. The molecule has 29 heavy (non-hydrogen) atoms. The zero-order valence-electron chi connectivity index (χ0n) is 16.5. The van der Waals surface area contributed by atoms with Crippen molar-refractivity contribution >= 4 is 17.8 Å². The second-order valence-electron chi connectivity index (χ2n) is 7.24. The van der Waals surface area contributed by atoms with E-state index >= 15 is 0 Å². The quantitative estimate of drug-likeness (QED) is 0.674. The molecule has 1 aliphatic rings. The normalized spacial score (nSPS) is 16.6. The Labute approximate surface area is 169 Å². The largest absolute Gasteiger partial charge is 0.387 e. The number of amides is 1. The molecule has 1 aromatic carbocycles. The fraction of sp³-hybridized carbons (Fsp3) is 0.318. The van der Waals surface area contributed by atoms with E-state index in [1.807, 2.05) is 58.1 Å². The number of fused-ring (bicyclic) bond motifs is 1. The molecule has 1 aliphatic heterocycles. The molecule has 1 N–H and O–H groups in total. The second kappa shape index (κ2) is 8.55. The van der Waals surface area contributed by atoms with E-state index in [0.29, 0.717) is 30.8 Å². The van der Waals surface area contributed by atoms with Crippen LogP contribution in [-0.2, 0) is 0 Å². The van der Waals surface area contributed by atoms with Gasteiger partial charge in [0.2, 0.25) is 0 Å². The smallest absolute Gasteiger partial charge is 0.257 e. The van der Waals surface area contributed by atoms with E-state index in [9.17, 15) is 9.90 Å². The van der Waals surface area contributed by atoms with Gasteiger partial charge in [0.25, 0.3) is 5.91 Å². The van der Waals surface area contributed by atoms with Gasteiger partial charge < -0.3 is 14.4 Å². The fourth-order valence-electron chi connectivity index (χ4n) is 3.72. The first-order valence-electron chi connectivity index (χ1n) is 9.79. The molecule has 1 amide bonds. The van der Waals surface area contributed by atoms with Crippen LogP contribution in [-0.4, -0.2) is 76.2 Å². The third-order valence-electron chi connectivity index (χ3n) is 5.34. The molecule has 4 rings (SSSR count). The van der Waals surface area contributed by atoms with Gasteiger partial charge in [0.15, 0.2) is 0 Å². The molecule has 0 radical (unpaired) electrons. The van der Waals surface area contributed by atoms with Gasteiger partial charge in [-0.15, -0.1) is 0 Å². The lowest BCUT2D eigenvalue weighted by Gasteiger charge is -2.35. The van der Waals surface area contributed by atoms with Gasteiger partial charge in [-0.05, 0) is 23.3 Å². The van der Waals surface area contributed by atoms with Crippen LogP contribution in [0.25, 0.3) is 5.65 Å². The molecule has 0 saturated carbocycles. The number of imidazole rings is 1. The number of aliphatic hydroxyl groups is 1. The molecule has 1 unspecified atom stereocenters. The molecule has 1 fully saturated rings. The van der Waals surface area contributed by atoms with Gasteiger partial charge in [0.05, 0.1) is 11.7 Å². The minimum absolute atomic E-state index is 0.00942. The molecular formula is C22H25N5O2. The van der Waals surface area contributed by atoms with Crippen molar-refractivity contribution in [3.8, 4) is 0 Å². The third kappa shape index (κ3) is 4.21. The molecule has 0 bridgehead atoms. The predicted molar refractivity (Wildman–Crippen MR) is 112 cm³/mol. The van der Waals surface area contributed by atoms with Crippen molar-refractivity contribution in [3.63, 3.8) is 0 Å². The molecule has 0 aliphatic carbocycles. The average molecular weight is 391 g/mol. The Morgan fingerprint density at radius 2 is 1.93 bits per heavy atom. The number of nitrogens with zero attached hydrogens (tertiary/aromatic N) is 5. The topological polar surface area (TPSA) is 73.4 Å². The van der Waals surface area contributed by atoms with Crippen LogP contribution >= 0.6 is 0 Å². The van der Waals surface area contributed by atoms with Gasteiger partial charge in [0, 0.05) is 64.6 Å². The van der Waals surface area contributed by atoms with Crippen molar-refractivity contribution in [1.29, 1.82) is 0 Å². The van der Waals surface area contributed by atoms with Gasteiger partial charge in [-0.25, -0.2) is 4.98 Å². The Hall–Kier alpha value is -3.03. The predicted octanol–water partition coefficient (Wildman–Crippen LogP) is 1.87. The van der Waals surface area contributed by atoms with Gasteiger partial charge >= 0.3 is 0 Å². The summed E-state index contributed by atoms with van der Waals surface area (Å²) in [5.41, 5.74) is 3.22. The molecule has 7 nitrogen and oxygen atoms in total. The maximum atomic E-state index is 12.9. The molecule has 0 spiro atoms. The van der Waals surface area contributed by atoms with E-state index in [1.54, 1.807) is 19.5 Å². The number of piperazine rings is 1. The Bertz CT molecular complexity index is 1000. The molecule has 3 aromatic rings. The summed E-state index contributed by atoms with van der Waals surface area (Å²) in [4.78, 5) is 25.3. The van der Waals surface area contributed by atoms with Crippen LogP contribution in [0, 0.1) is 0 Å². The van der Waals surface area contributed by atoms with Crippen LogP contribution < -0.4 is 0 Å². The first kappa shape index (κ1) is 19.3. The third-order valence-corrected chi connectivity index (χ3v) is 5.34. The van der Waals surface area contributed by atoms with Crippen molar-refractivity contribution in [1.82, 2.24) is 19.2 Å². The van der Waals surface area contributed by atoms with Gasteiger partial charge in [0.1, 0.15) is 5.65 Å². The molecule has 150 valence electrons. The summed E-state index contributed by atoms with van der Waals surface area (Å²) in [5.74, 6) is 0.00942. The molecule has 7 heteroatoms. The second-order valence-corrected chi connectivity index (χ2v) is 7.24. The highest BCUT2D eigenvalue weighted by Crippen LogP contribution is 2.18. The molecule has 1 saturated heterocycles. The lowest BCUT2D eigenvalue weighted by atomic mass is 10.1. The van der Waals surface area contributed by atoms with E-state index in [4.69, 9.17) is 0 Å². The van der Waals surface area contributed by atoms with E-state index in [-0.39, 0.29) is 5.91 Å². The summed E-state index contributed by atoms with van der Waals surface area (Å²) in [7, 11) is 1.74. The van der Waals surface area contributed by atoms with Gasteiger partial charge in [-0.1, -0.05) is 24.3 Å². The van der Waals surface area contributed by atoms with E-state index in [1.165, 1.54) is 0 Å². The standard InChI is InChI=1S/C22H25N5O2/c1-23-15-17-4-6-18(7-5-17)20(28)16-25-11-13-27(14-12-25)22(29)19-3-2-9-26-10-8-24-21(19)26/h2-10,15,20,28H,11-14,16H2,1H3. The van der Waals surface area contributed by atoms with E-state index < -0.39 is 6.10 Å². The lowest BCUT2D eigenvalue weighted by molar-refractivity contribution is 0.0528. The van der Waals surface area contributed by atoms with Crippen molar-refractivity contribution in [2.24, 2.45) is 4.99 Å². The number of benzene rings is 1. The van der Waals surface area contributed by atoms with Crippen molar-refractivity contribution in [3.05, 3.63) is 71.7 Å². The first-order chi connectivity index (χ1) is 14.2.